The Morgan fingerprint density at radius 3 is 2.12 bits per heavy atom. The smallest absolute Gasteiger partial charge is 0.310 e. The van der Waals surface area contributed by atoms with Crippen LogP contribution in [0.3, 0.4) is 0 Å². The Morgan fingerprint density at radius 2 is 1.71 bits per heavy atom. The molecule has 1 rings (SSSR count). The Balaban J connectivity index is 2.63. The summed E-state index contributed by atoms with van der Waals surface area (Å²) in [6, 6.07) is 0. The van der Waals surface area contributed by atoms with E-state index in [1.54, 1.807) is 13.8 Å². The van der Waals surface area contributed by atoms with Gasteiger partial charge < -0.3 is 15.5 Å². The standard InChI is InChI=1S/C13H25NO3/c1-11(2,10(15)16)12(3,4)14-9-13(17)7-5-6-8-13/h14,17H,5-9H2,1-4H3,(H,15,16). The van der Waals surface area contributed by atoms with Crippen LogP contribution in [0, 0.1) is 5.41 Å². The first-order valence-electron chi connectivity index (χ1n) is 6.32. The molecular formula is C13H25NO3. The van der Waals surface area contributed by atoms with E-state index in [2.05, 4.69) is 5.32 Å². The number of aliphatic hydroxyl groups is 1. The Morgan fingerprint density at radius 1 is 1.24 bits per heavy atom. The normalized spacial score (nSPS) is 20.5. The second-order valence-corrected chi connectivity index (χ2v) is 6.34. The van der Waals surface area contributed by atoms with Gasteiger partial charge in [0.25, 0.3) is 0 Å². The summed E-state index contributed by atoms with van der Waals surface area (Å²) < 4.78 is 0. The molecule has 1 aliphatic rings. The SMILES string of the molecule is CC(C)(NCC1(O)CCCC1)C(C)(C)C(=O)O. The second kappa shape index (κ2) is 4.58. The van der Waals surface area contributed by atoms with Gasteiger partial charge in [0.15, 0.2) is 0 Å². The van der Waals surface area contributed by atoms with E-state index in [0.717, 1.165) is 25.7 Å². The molecule has 4 nitrogen and oxygen atoms in total. The van der Waals surface area contributed by atoms with Gasteiger partial charge in [0.2, 0.25) is 0 Å². The van der Waals surface area contributed by atoms with Crippen molar-refractivity contribution in [1.82, 2.24) is 5.32 Å². The fraction of sp³-hybridized carbons (Fsp3) is 0.923. The Labute approximate surface area is 103 Å². The van der Waals surface area contributed by atoms with E-state index < -0.39 is 22.5 Å². The topological polar surface area (TPSA) is 69.6 Å². The maximum Gasteiger partial charge on any atom is 0.310 e. The summed E-state index contributed by atoms with van der Waals surface area (Å²) in [7, 11) is 0. The van der Waals surface area contributed by atoms with Crippen molar-refractivity contribution in [1.29, 1.82) is 0 Å². The molecule has 100 valence electrons. The molecule has 4 heteroatoms. The molecule has 1 saturated carbocycles. The molecule has 0 aromatic carbocycles. The fourth-order valence-corrected chi connectivity index (χ4v) is 2.08. The van der Waals surface area contributed by atoms with Crippen LogP contribution >= 0.6 is 0 Å². The number of rotatable bonds is 5. The largest absolute Gasteiger partial charge is 0.481 e. The third-order valence-electron chi connectivity index (χ3n) is 4.49. The van der Waals surface area contributed by atoms with Gasteiger partial charge in [0, 0.05) is 12.1 Å². The van der Waals surface area contributed by atoms with Crippen LogP contribution in [-0.2, 0) is 4.79 Å². The molecule has 0 amide bonds. The van der Waals surface area contributed by atoms with Gasteiger partial charge in [-0.05, 0) is 40.5 Å². The molecule has 0 atom stereocenters. The zero-order chi connectivity index (χ0) is 13.3. The number of aliphatic carboxylic acids is 1. The van der Waals surface area contributed by atoms with Gasteiger partial charge in [-0.15, -0.1) is 0 Å². The van der Waals surface area contributed by atoms with Gasteiger partial charge in [-0.2, -0.15) is 0 Å². The van der Waals surface area contributed by atoms with Crippen molar-refractivity contribution in [2.45, 2.75) is 64.5 Å². The van der Waals surface area contributed by atoms with Crippen LogP contribution in [0.2, 0.25) is 0 Å². The summed E-state index contributed by atoms with van der Waals surface area (Å²) in [5.74, 6) is -0.826. The fourth-order valence-electron chi connectivity index (χ4n) is 2.08. The van der Waals surface area contributed by atoms with E-state index in [0.29, 0.717) is 6.54 Å². The summed E-state index contributed by atoms with van der Waals surface area (Å²) >= 11 is 0. The number of hydrogen-bond acceptors (Lipinski definition) is 3. The van der Waals surface area contributed by atoms with Crippen LogP contribution in [0.25, 0.3) is 0 Å². The molecule has 0 spiro atoms. The van der Waals surface area contributed by atoms with Crippen molar-refractivity contribution in [2.24, 2.45) is 5.41 Å². The number of carboxylic acid groups (broad SMARTS) is 1. The van der Waals surface area contributed by atoms with Gasteiger partial charge in [-0.3, -0.25) is 4.79 Å². The van der Waals surface area contributed by atoms with Gasteiger partial charge in [0.1, 0.15) is 0 Å². The summed E-state index contributed by atoms with van der Waals surface area (Å²) in [6.45, 7) is 7.64. The lowest BCUT2D eigenvalue weighted by atomic mass is 9.74. The Bertz CT molecular complexity index is 291. The van der Waals surface area contributed by atoms with Crippen LogP contribution in [0.4, 0.5) is 0 Å². The van der Waals surface area contributed by atoms with Crippen LogP contribution in [0.15, 0.2) is 0 Å². The monoisotopic (exact) mass is 243 g/mol. The Kier molecular flexibility index (Phi) is 3.89. The first-order chi connectivity index (χ1) is 7.61. The number of carboxylic acids is 1. The lowest BCUT2D eigenvalue weighted by molar-refractivity contribution is -0.151. The van der Waals surface area contributed by atoms with Crippen molar-refractivity contribution < 1.29 is 15.0 Å². The minimum absolute atomic E-state index is 0.469. The zero-order valence-corrected chi connectivity index (χ0v) is 11.3. The highest BCUT2D eigenvalue weighted by Crippen LogP contribution is 2.33. The van der Waals surface area contributed by atoms with Crippen molar-refractivity contribution in [2.75, 3.05) is 6.54 Å². The maximum atomic E-state index is 11.2. The average Bonchev–Trinajstić information content (AvgIpc) is 2.63. The van der Waals surface area contributed by atoms with E-state index in [1.165, 1.54) is 0 Å². The molecule has 3 N–H and O–H groups in total. The summed E-state index contributed by atoms with van der Waals surface area (Å²) in [5.41, 5.74) is -2.08. The quantitative estimate of drug-likeness (QED) is 0.688. The van der Waals surface area contributed by atoms with Crippen molar-refractivity contribution in [3.63, 3.8) is 0 Å². The molecule has 17 heavy (non-hydrogen) atoms. The van der Waals surface area contributed by atoms with Gasteiger partial charge in [-0.1, -0.05) is 12.8 Å². The summed E-state index contributed by atoms with van der Waals surface area (Å²) in [6.07, 6.45) is 3.73. The molecule has 0 aromatic rings. The maximum absolute atomic E-state index is 11.2. The van der Waals surface area contributed by atoms with Crippen LogP contribution in [-0.4, -0.2) is 33.9 Å². The van der Waals surface area contributed by atoms with Crippen LogP contribution in [0.5, 0.6) is 0 Å². The number of carbonyl (C=O) groups is 1. The molecule has 0 bridgehead atoms. The average molecular weight is 243 g/mol. The van der Waals surface area contributed by atoms with E-state index in [1.807, 2.05) is 13.8 Å². The highest BCUT2D eigenvalue weighted by atomic mass is 16.4. The van der Waals surface area contributed by atoms with E-state index in [-0.39, 0.29) is 0 Å². The molecule has 1 fully saturated rings. The lowest BCUT2D eigenvalue weighted by Crippen LogP contribution is -2.58. The summed E-state index contributed by atoms with van der Waals surface area (Å²) in [4.78, 5) is 11.2. The van der Waals surface area contributed by atoms with E-state index >= 15 is 0 Å². The molecule has 0 heterocycles. The number of nitrogens with one attached hydrogen (secondary N) is 1. The van der Waals surface area contributed by atoms with Crippen LogP contribution in [0.1, 0.15) is 53.4 Å². The first-order valence-corrected chi connectivity index (χ1v) is 6.32. The molecule has 1 aliphatic carbocycles. The predicted molar refractivity (Wildman–Crippen MR) is 66.9 cm³/mol. The molecule has 0 radical (unpaired) electrons. The molecule has 0 aromatic heterocycles. The predicted octanol–water partition coefficient (Wildman–Crippen LogP) is 1.77. The molecule has 0 saturated heterocycles. The highest BCUT2D eigenvalue weighted by molar-refractivity contribution is 5.75. The van der Waals surface area contributed by atoms with Crippen molar-refractivity contribution in [3.05, 3.63) is 0 Å². The van der Waals surface area contributed by atoms with E-state index in [9.17, 15) is 15.0 Å². The first kappa shape index (κ1) is 14.5. The summed E-state index contributed by atoms with van der Waals surface area (Å²) in [5, 5.41) is 22.7. The van der Waals surface area contributed by atoms with Gasteiger partial charge in [-0.25, -0.2) is 0 Å². The van der Waals surface area contributed by atoms with Crippen LogP contribution < -0.4 is 5.32 Å². The number of β-amino-alcohol motifs (C(OH)–C–C–N with tert-alkyl or cyclic N) is 1. The lowest BCUT2D eigenvalue weighted by Gasteiger charge is -2.41. The van der Waals surface area contributed by atoms with Gasteiger partial charge >= 0.3 is 5.97 Å². The second-order valence-electron chi connectivity index (χ2n) is 6.34. The minimum atomic E-state index is -0.873. The van der Waals surface area contributed by atoms with Crippen molar-refractivity contribution in [3.8, 4) is 0 Å². The third-order valence-corrected chi connectivity index (χ3v) is 4.49. The zero-order valence-electron chi connectivity index (χ0n) is 11.3. The third kappa shape index (κ3) is 2.99. The Hall–Kier alpha value is -0.610. The molecule has 0 aliphatic heterocycles. The van der Waals surface area contributed by atoms with Gasteiger partial charge in [0.05, 0.1) is 11.0 Å². The number of hydrogen-bond donors (Lipinski definition) is 3. The van der Waals surface area contributed by atoms with Crippen molar-refractivity contribution >= 4 is 5.97 Å². The highest BCUT2D eigenvalue weighted by Gasteiger charge is 2.44. The molecule has 0 unspecified atom stereocenters. The van der Waals surface area contributed by atoms with E-state index in [4.69, 9.17) is 0 Å². The minimum Gasteiger partial charge on any atom is -0.481 e. The molecular weight excluding hydrogens is 218 g/mol.